The van der Waals surface area contributed by atoms with Gasteiger partial charge in [-0.2, -0.15) is 0 Å². The molecule has 1 rings (SSSR count). The zero-order valence-electron chi connectivity index (χ0n) is 18.1. The molecule has 6 nitrogen and oxygen atoms in total. The van der Waals surface area contributed by atoms with Crippen LogP contribution in [-0.2, 0) is 19.1 Å². The number of ether oxygens (including phenoxy) is 2. The Morgan fingerprint density at radius 1 is 1.21 bits per heavy atom. The normalized spacial score (nSPS) is 20.6. The lowest BCUT2D eigenvalue weighted by molar-refractivity contribution is -0.218. The van der Waals surface area contributed by atoms with Crippen molar-refractivity contribution in [3.05, 3.63) is 12.2 Å². The number of aliphatic carboxylic acids is 1. The molecule has 1 fully saturated rings. The van der Waals surface area contributed by atoms with Crippen molar-refractivity contribution in [2.45, 2.75) is 83.5 Å². The van der Waals surface area contributed by atoms with Crippen molar-refractivity contribution in [1.29, 1.82) is 0 Å². The van der Waals surface area contributed by atoms with E-state index in [1.807, 2.05) is 6.08 Å². The van der Waals surface area contributed by atoms with Gasteiger partial charge in [-0.3, -0.25) is 14.5 Å². The van der Waals surface area contributed by atoms with E-state index >= 15 is 0 Å². The molecule has 28 heavy (non-hydrogen) atoms. The van der Waals surface area contributed by atoms with E-state index in [0.717, 1.165) is 51.6 Å². The molecule has 1 aliphatic rings. The molecular formula is C22H39NO5. The molecule has 0 aliphatic carbocycles. The van der Waals surface area contributed by atoms with E-state index in [2.05, 4.69) is 17.9 Å². The minimum absolute atomic E-state index is 0.0547. The molecule has 1 aliphatic heterocycles. The number of methoxy groups -OCH3 is 2. The van der Waals surface area contributed by atoms with Crippen LogP contribution in [0.4, 0.5) is 0 Å². The van der Waals surface area contributed by atoms with Crippen LogP contribution >= 0.6 is 0 Å². The highest BCUT2D eigenvalue weighted by molar-refractivity contribution is 5.78. The van der Waals surface area contributed by atoms with E-state index in [0.29, 0.717) is 25.0 Å². The highest BCUT2D eigenvalue weighted by atomic mass is 16.7. The Hall–Kier alpha value is -1.24. The second-order valence-corrected chi connectivity index (χ2v) is 7.79. The van der Waals surface area contributed by atoms with Crippen LogP contribution in [0.15, 0.2) is 12.2 Å². The fourth-order valence-corrected chi connectivity index (χ4v) is 3.83. The highest BCUT2D eigenvalue weighted by Gasteiger charge is 2.47. The summed E-state index contributed by atoms with van der Waals surface area (Å²) >= 11 is 0. The number of rotatable bonds is 15. The molecular weight excluding hydrogens is 358 g/mol. The topological polar surface area (TPSA) is 76.1 Å². The van der Waals surface area contributed by atoms with Gasteiger partial charge in [0.1, 0.15) is 5.78 Å². The van der Waals surface area contributed by atoms with Gasteiger partial charge in [-0.25, -0.2) is 0 Å². The van der Waals surface area contributed by atoms with Crippen LogP contribution in [0.2, 0.25) is 0 Å². The molecule has 1 N–H and O–H groups in total. The third kappa shape index (κ3) is 7.64. The molecule has 162 valence electrons. The number of nitrogens with zero attached hydrogens (tertiary/aromatic N) is 1. The number of ketones is 1. The molecule has 0 spiro atoms. The standard InChI is InChI=1S/C22H39NO5/c1-5-6-8-12-19(24)14-16-23-17-15-22(27-3,28-4)20(23)13-10-7-9-11-18(2)21(25)26/h7,10,18,20H,5-6,8-9,11-17H2,1-4H3,(H,25,26)/t18?,20-/m0/s1. The average molecular weight is 398 g/mol. The van der Waals surface area contributed by atoms with Gasteiger partial charge in [0.2, 0.25) is 0 Å². The molecule has 0 saturated carbocycles. The number of carboxylic acid groups (broad SMARTS) is 1. The number of allylic oxidation sites excluding steroid dienone is 1. The Kier molecular flexibility index (Phi) is 11.6. The van der Waals surface area contributed by atoms with Crippen LogP contribution in [-0.4, -0.2) is 60.9 Å². The smallest absolute Gasteiger partial charge is 0.306 e. The first kappa shape index (κ1) is 24.8. The summed E-state index contributed by atoms with van der Waals surface area (Å²) in [5.74, 6) is -1.40. The lowest BCUT2D eigenvalue weighted by Gasteiger charge is -2.35. The number of unbranched alkanes of at least 4 members (excludes halogenated alkanes) is 2. The van der Waals surface area contributed by atoms with Gasteiger partial charge in [0.15, 0.2) is 5.79 Å². The van der Waals surface area contributed by atoms with Crippen LogP contribution in [0.1, 0.15) is 71.6 Å². The van der Waals surface area contributed by atoms with Gasteiger partial charge in [-0.05, 0) is 25.7 Å². The number of hydrogen-bond donors (Lipinski definition) is 1. The van der Waals surface area contributed by atoms with Gasteiger partial charge in [0.05, 0.1) is 12.0 Å². The quantitative estimate of drug-likeness (QED) is 0.255. The molecule has 2 atom stereocenters. The largest absolute Gasteiger partial charge is 0.481 e. The van der Waals surface area contributed by atoms with Gasteiger partial charge in [-0.1, -0.05) is 38.8 Å². The lowest BCUT2D eigenvalue weighted by Crippen LogP contribution is -2.47. The van der Waals surface area contributed by atoms with Crippen LogP contribution < -0.4 is 0 Å². The number of Topliss-reactive ketones (excluding diaryl/α,β-unsaturated/α-hetero) is 1. The van der Waals surface area contributed by atoms with Crippen LogP contribution in [0.5, 0.6) is 0 Å². The van der Waals surface area contributed by atoms with Gasteiger partial charge in [0, 0.05) is 46.6 Å². The Morgan fingerprint density at radius 2 is 1.93 bits per heavy atom. The Bertz CT molecular complexity index is 501. The van der Waals surface area contributed by atoms with Crippen molar-refractivity contribution in [2.75, 3.05) is 27.3 Å². The van der Waals surface area contributed by atoms with E-state index in [9.17, 15) is 9.59 Å². The predicted molar refractivity (Wildman–Crippen MR) is 110 cm³/mol. The van der Waals surface area contributed by atoms with Gasteiger partial charge in [0.25, 0.3) is 0 Å². The van der Waals surface area contributed by atoms with Crippen LogP contribution in [0.3, 0.4) is 0 Å². The summed E-state index contributed by atoms with van der Waals surface area (Å²) in [5.41, 5.74) is 0. The van der Waals surface area contributed by atoms with Crippen molar-refractivity contribution in [2.24, 2.45) is 5.92 Å². The molecule has 1 heterocycles. The second-order valence-electron chi connectivity index (χ2n) is 7.79. The zero-order chi connectivity index (χ0) is 21.0. The van der Waals surface area contributed by atoms with Crippen molar-refractivity contribution < 1.29 is 24.2 Å². The SMILES string of the molecule is CCCCCC(=O)CCN1CCC(OC)(OC)[C@@H]1CC=CCCC(C)C(=O)O. The fourth-order valence-electron chi connectivity index (χ4n) is 3.83. The first-order valence-corrected chi connectivity index (χ1v) is 10.6. The zero-order valence-corrected chi connectivity index (χ0v) is 18.1. The minimum Gasteiger partial charge on any atom is -0.481 e. The van der Waals surface area contributed by atoms with E-state index < -0.39 is 11.8 Å². The first-order chi connectivity index (χ1) is 13.4. The number of carbonyl (C=O) groups excluding carboxylic acids is 1. The van der Waals surface area contributed by atoms with Gasteiger partial charge < -0.3 is 14.6 Å². The lowest BCUT2D eigenvalue weighted by atomic mass is 10.0. The van der Waals surface area contributed by atoms with E-state index in [1.165, 1.54) is 0 Å². The van der Waals surface area contributed by atoms with Crippen LogP contribution in [0, 0.1) is 5.92 Å². The van der Waals surface area contributed by atoms with Crippen molar-refractivity contribution in [3.63, 3.8) is 0 Å². The maximum Gasteiger partial charge on any atom is 0.306 e. The van der Waals surface area contributed by atoms with E-state index in [4.69, 9.17) is 14.6 Å². The molecule has 6 heteroatoms. The average Bonchev–Trinajstić information content (AvgIpc) is 3.04. The Balaban J connectivity index is 2.58. The molecule has 1 unspecified atom stereocenters. The maximum atomic E-state index is 12.1. The van der Waals surface area contributed by atoms with Crippen LogP contribution in [0.25, 0.3) is 0 Å². The molecule has 0 aromatic heterocycles. The summed E-state index contributed by atoms with van der Waals surface area (Å²) in [7, 11) is 3.35. The van der Waals surface area contributed by atoms with Crippen molar-refractivity contribution in [3.8, 4) is 0 Å². The van der Waals surface area contributed by atoms with Crippen molar-refractivity contribution >= 4 is 11.8 Å². The Morgan fingerprint density at radius 3 is 2.54 bits per heavy atom. The Labute approximate surface area is 170 Å². The van der Waals surface area contributed by atoms with E-state index in [-0.39, 0.29) is 12.0 Å². The number of likely N-dealkylation sites (tertiary alicyclic amines) is 1. The molecule has 1 saturated heterocycles. The monoisotopic (exact) mass is 397 g/mol. The number of hydrogen-bond acceptors (Lipinski definition) is 5. The highest BCUT2D eigenvalue weighted by Crippen LogP contribution is 2.35. The summed E-state index contributed by atoms with van der Waals surface area (Å²) in [4.78, 5) is 25.3. The summed E-state index contributed by atoms with van der Waals surface area (Å²) in [6, 6.07) is 0.0547. The molecule has 0 aromatic rings. The van der Waals surface area contributed by atoms with Gasteiger partial charge in [-0.15, -0.1) is 0 Å². The van der Waals surface area contributed by atoms with Crippen molar-refractivity contribution in [1.82, 2.24) is 4.90 Å². The summed E-state index contributed by atoms with van der Waals surface area (Å²) in [5, 5.41) is 8.96. The first-order valence-electron chi connectivity index (χ1n) is 10.6. The molecule has 0 radical (unpaired) electrons. The number of carboxylic acids is 1. The maximum absolute atomic E-state index is 12.1. The number of carbonyl (C=O) groups is 2. The molecule has 0 aromatic carbocycles. The third-order valence-corrected chi connectivity index (χ3v) is 5.84. The van der Waals surface area contributed by atoms with E-state index in [1.54, 1.807) is 21.1 Å². The fraction of sp³-hybridized carbons (Fsp3) is 0.818. The summed E-state index contributed by atoms with van der Waals surface area (Å²) in [6.07, 6.45) is 11.5. The van der Waals surface area contributed by atoms with Gasteiger partial charge >= 0.3 is 5.97 Å². The summed E-state index contributed by atoms with van der Waals surface area (Å²) < 4.78 is 11.5. The minimum atomic E-state index is -0.753. The molecule has 0 bridgehead atoms. The second kappa shape index (κ2) is 13.1. The molecule has 0 amide bonds. The third-order valence-electron chi connectivity index (χ3n) is 5.84. The predicted octanol–water partition coefficient (Wildman–Crippen LogP) is 4.04. The summed E-state index contributed by atoms with van der Waals surface area (Å²) in [6.45, 7) is 5.45.